The van der Waals surface area contributed by atoms with Gasteiger partial charge in [0.15, 0.2) is 0 Å². The van der Waals surface area contributed by atoms with Crippen LogP contribution in [0.4, 0.5) is 8.78 Å². The Bertz CT molecular complexity index is 748. The summed E-state index contributed by atoms with van der Waals surface area (Å²) in [5.41, 5.74) is 5.67. The summed E-state index contributed by atoms with van der Waals surface area (Å²) >= 11 is 0. The lowest BCUT2D eigenvalue weighted by Crippen LogP contribution is -2.24. The van der Waals surface area contributed by atoms with E-state index in [4.69, 9.17) is 5.73 Å². The minimum absolute atomic E-state index is 0.101. The molecule has 0 amide bonds. The molecule has 2 aromatic rings. The zero-order valence-corrected chi connectivity index (χ0v) is 11.8. The third kappa shape index (κ3) is 3.63. The van der Waals surface area contributed by atoms with Crippen molar-refractivity contribution in [3.05, 3.63) is 65.2 Å². The monoisotopic (exact) mass is 312 g/mol. The number of rotatable bonds is 5. The molecular formula is C14H14F2N2O2S. The summed E-state index contributed by atoms with van der Waals surface area (Å²) in [6.45, 7) is -0.299. The van der Waals surface area contributed by atoms with Crippen molar-refractivity contribution < 1.29 is 17.2 Å². The molecule has 0 aromatic heterocycles. The highest BCUT2D eigenvalue weighted by Gasteiger charge is 2.16. The van der Waals surface area contributed by atoms with Crippen LogP contribution in [0.5, 0.6) is 0 Å². The van der Waals surface area contributed by atoms with Gasteiger partial charge in [-0.1, -0.05) is 18.2 Å². The van der Waals surface area contributed by atoms with E-state index < -0.39 is 21.7 Å². The molecule has 0 saturated carbocycles. The number of benzene rings is 2. The zero-order valence-electron chi connectivity index (χ0n) is 11.0. The summed E-state index contributed by atoms with van der Waals surface area (Å²) in [5.74, 6) is -1.06. The second kappa shape index (κ2) is 6.30. The van der Waals surface area contributed by atoms with E-state index >= 15 is 0 Å². The van der Waals surface area contributed by atoms with Crippen LogP contribution in [-0.2, 0) is 23.1 Å². The highest BCUT2D eigenvalue weighted by atomic mass is 32.2. The first kappa shape index (κ1) is 15.6. The van der Waals surface area contributed by atoms with Crippen LogP contribution >= 0.6 is 0 Å². The van der Waals surface area contributed by atoms with Crippen LogP contribution in [0.1, 0.15) is 11.1 Å². The van der Waals surface area contributed by atoms with Crippen molar-refractivity contribution in [2.24, 2.45) is 5.73 Å². The van der Waals surface area contributed by atoms with Gasteiger partial charge in [0.2, 0.25) is 10.0 Å². The molecule has 7 heteroatoms. The van der Waals surface area contributed by atoms with Crippen LogP contribution in [0.2, 0.25) is 0 Å². The van der Waals surface area contributed by atoms with Gasteiger partial charge in [-0.3, -0.25) is 0 Å². The van der Waals surface area contributed by atoms with Gasteiger partial charge in [-0.15, -0.1) is 0 Å². The Hall–Kier alpha value is -1.83. The molecule has 0 unspecified atom stereocenters. The first-order valence-corrected chi connectivity index (χ1v) is 7.64. The lowest BCUT2D eigenvalue weighted by atomic mass is 10.2. The summed E-state index contributed by atoms with van der Waals surface area (Å²) in [5, 5.41) is 0. The normalized spacial score (nSPS) is 11.6. The molecule has 0 bridgehead atoms. The molecule has 0 radical (unpaired) electrons. The van der Waals surface area contributed by atoms with Crippen LogP contribution in [-0.4, -0.2) is 8.42 Å². The van der Waals surface area contributed by atoms with Gasteiger partial charge in [0.1, 0.15) is 11.6 Å². The predicted molar refractivity (Wildman–Crippen MR) is 74.7 cm³/mol. The van der Waals surface area contributed by atoms with Crippen molar-refractivity contribution in [2.45, 2.75) is 18.0 Å². The van der Waals surface area contributed by atoms with Crippen molar-refractivity contribution in [1.82, 2.24) is 4.72 Å². The van der Waals surface area contributed by atoms with E-state index in [1.807, 2.05) is 0 Å². The van der Waals surface area contributed by atoms with Gasteiger partial charge in [0, 0.05) is 24.2 Å². The second-order valence-electron chi connectivity index (χ2n) is 4.37. The minimum atomic E-state index is -3.86. The summed E-state index contributed by atoms with van der Waals surface area (Å²) in [6.07, 6.45) is 0. The molecule has 2 aromatic carbocycles. The van der Waals surface area contributed by atoms with Gasteiger partial charge in [0.05, 0.1) is 4.90 Å². The lowest BCUT2D eigenvalue weighted by molar-refractivity contribution is 0.573. The van der Waals surface area contributed by atoms with Crippen molar-refractivity contribution in [3.8, 4) is 0 Å². The topological polar surface area (TPSA) is 72.2 Å². The van der Waals surface area contributed by atoms with Crippen molar-refractivity contribution >= 4 is 10.0 Å². The number of halogens is 2. The van der Waals surface area contributed by atoms with Gasteiger partial charge in [-0.25, -0.2) is 21.9 Å². The van der Waals surface area contributed by atoms with Crippen LogP contribution in [0.15, 0.2) is 47.4 Å². The Morgan fingerprint density at radius 1 is 1.00 bits per heavy atom. The van der Waals surface area contributed by atoms with E-state index in [9.17, 15) is 17.2 Å². The van der Waals surface area contributed by atoms with Crippen molar-refractivity contribution in [3.63, 3.8) is 0 Å². The molecule has 0 aliphatic heterocycles. The summed E-state index contributed by atoms with van der Waals surface area (Å²) < 4.78 is 53.2. The summed E-state index contributed by atoms with van der Waals surface area (Å²) in [4.78, 5) is -0.110. The number of sulfonamides is 1. The van der Waals surface area contributed by atoms with E-state index in [0.29, 0.717) is 0 Å². The number of hydrogen-bond donors (Lipinski definition) is 2. The molecule has 0 spiro atoms. The minimum Gasteiger partial charge on any atom is -0.326 e. The summed E-state index contributed by atoms with van der Waals surface area (Å²) in [7, 11) is -3.86. The zero-order chi connectivity index (χ0) is 15.5. The van der Waals surface area contributed by atoms with Gasteiger partial charge in [0.25, 0.3) is 0 Å². The van der Waals surface area contributed by atoms with Gasteiger partial charge in [-0.2, -0.15) is 0 Å². The van der Waals surface area contributed by atoms with Crippen molar-refractivity contribution in [1.29, 1.82) is 0 Å². The Kier molecular flexibility index (Phi) is 4.66. The van der Waals surface area contributed by atoms with E-state index in [0.717, 1.165) is 12.1 Å². The van der Waals surface area contributed by atoms with Crippen LogP contribution < -0.4 is 10.5 Å². The van der Waals surface area contributed by atoms with Crippen LogP contribution in [0, 0.1) is 11.6 Å². The Morgan fingerprint density at radius 2 is 1.67 bits per heavy atom. The molecule has 0 heterocycles. The highest BCUT2D eigenvalue weighted by Crippen LogP contribution is 2.15. The predicted octanol–water partition coefficient (Wildman–Crippen LogP) is 1.90. The molecule has 4 nitrogen and oxygen atoms in total. The molecule has 0 aliphatic carbocycles. The molecule has 112 valence electrons. The lowest BCUT2D eigenvalue weighted by Gasteiger charge is -2.09. The summed E-state index contributed by atoms with van der Waals surface area (Å²) in [6, 6.07) is 9.19. The molecular weight excluding hydrogens is 298 g/mol. The molecule has 0 fully saturated rings. The maximum Gasteiger partial charge on any atom is 0.240 e. The Balaban J connectivity index is 2.21. The molecule has 2 rings (SSSR count). The number of nitrogens with two attached hydrogens (primary N) is 1. The van der Waals surface area contributed by atoms with E-state index in [-0.39, 0.29) is 29.1 Å². The second-order valence-corrected chi connectivity index (χ2v) is 6.14. The van der Waals surface area contributed by atoms with E-state index in [1.54, 1.807) is 6.07 Å². The maximum absolute atomic E-state index is 13.4. The van der Waals surface area contributed by atoms with Crippen molar-refractivity contribution in [2.75, 3.05) is 0 Å². The fourth-order valence-electron chi connectivity index (χ4n) is 1.77. The maximum atomic E-state index is 13.4. The Morgan fingerprint density at radius 3 is 2.33 bits per heavy atom. The third-order valence-corrected chi connectivity index (χ3v) is 4.36. The average Bonchev–Trinajstić information content (AvgIpc) is 2.46. The molecule has 0 atom stereocenters. The standard InChI is InChI=1S/C14H14F2N2O2S/c15-13-4-2-1-3-10(13)9-18-21(19,20)12-5-6-14(16)11(7-12)8-17/h1-7,18H,8-9,17H2. The first-order chi connectivity index (χ1) is 9.94. The number of hydrogen-bond acceptors (Lipinski definition) is 3. The smallest absolute Gasteiger partial charge is 0.240 e. The molecule has 21 heavy (non-hydrogen) atoms. The molecule has 0 saturated heterocycles. The fourth-order valence-corrected chi connectivity index (χ4v) is 2.83. The first-order valence-electron chi connectivity index (χ1n) is 6.15. The van der Waals surface area contributed by atoms with Crippen LogP contribution in [0.25, 0.3) is 0 Å². The van der Waals surface area contributed by atoms with E-state index in [2.05, 4.69) is 4.72 Å². The Labute approximate surface area is 121 Å². The van der Waals surface area contributed by atoms with Crippen LogP contribution in [0.3, 0.4) is 0 Å². The number of nitrogens with one attached hydrogen (secondary N) is 1. The average molecular weight is 312 g/mol. The van der Waals surface area contributed by atoms with Gasteiger partial charge in [-0.05, 0) is 24.3 Å². The third-order valence-electron chi connectivity index (χ3n) is 2.96. The van der Waals surface area contributed by atoms with E-state index in [1.165, 1.54) is 24.3 Å². The largest absolute Gasteiger partial charge is 0.326 e. The quantitative estimate of drug-likeness (QED) is 0.886. The molecule has 0 aliphatic rings. The van der Waals surface area contributed by atoms with Gasteiger partial charge >= 0.3 is 0 Å². The SMILES string of the molecule is NCc1cc(S(=O)(=O)NCc2ccccc2F)ccc1F. The molecule has 3 N–H and O–H groups in total. The fraction of sp³-hybridized carbons (Fsp3) is 0.143. The van der Waals surface area contributed by atoms with Gasteiger partial charge < -0.3 is 5.73 Å². The highest BCUT2D eigenvalue weighted by molar-refractivity contribution is 7.89.